The van der Waals surface area contributed by atoms with Gasteiger partial charge < -0.3 is 9.67 Å². The minimum Gasteiger partial charge on any atom is -0.503 e. The number of hydrogen-bond acceptors (Lipinski definition) is 3. The fourth-order valence-corrected chi connectivity index (χ4v) is 4.27. The number of anilines is 1. The summed E-state index contributed by atoms with van der Waals surface area (Å²) in [6.45, 7) is 9.41. The Balaban J connectivity index is 2.00. The van der Waals surface area contributed by atoms with E-state index in [1.807, 2.05) is 74.1 Å². The van der Waals surface area contributed by atoms with Crippen molar-refractivity contribution in [1.29, 1.82) is 0 Å². The van der Waals surface area contributed by atoms with Crippen molar-refractivity contribution in [3.63, 3.8) is 0 Å². The molecule has 1 N–H and O–H groups in total. The third-order valence-corrected chi connectivity index (χ3v) is 6.12. The second-order valence-electron chi connectivity index (χ2n) is 9.40. The van der Waals surface area contributed by atoms with E-state index in [-0.39, 0.29) is 11.4 Å². The average Bonchev–Trinajstić information content (AvgIpc) is 3.17. The number of aromatic nitrogens is 1. The highest BCUT2D eigenvalue weighted by atomic mass is 16.3. The van der Waals surface area contributed by atoms with E-state index < -0.39 is 23.1 Å². The number of para-hydroxylation sites is 1. The summed E-state index contributed by atoms with van der Waals surface area (Å²) in [4.78, 5) is 28.3. The van der Waals surface area contributed by atoms with Gasteiger partial charge in [0.15, 0.2) is 11.5 Å². The summed E-state index contributed by atoms with van der Waals surface area (Å²) in [6, 6.07) is 13.0. The predicted octanol–water partition coefficient (Wildman–Crippen LogP) is 5.31. The highest BCUT2D eigenvalue weighted by Gasteiger charge is 2.47. The molecule has 1 aromatic heterocycles. The highest BCUT2D eigenvalue weighted by Crippen LogP contribution is 2.45. The van der Waals surface area contributed by atoms with Crippen LogP contribution in [-0.2, 0) is 16.6 Å². The van der Waals surface area contributed by atoms with Crippen molar-refractivity contribution >= 4 is 28.3 Å². The van der Waals surface area contributed by atoms with Crippen LogP contribution in [0.4, 0.5) is 5.69 Å². The molecule has 0 saturated heterocycles. The van der Waals surface area contributed by atoms with Crippen LogP contribution in [0.5, 0.6) is 0 Å². The molecular formula is C26H28N2O3. The number of nitrogens with zero attached hydrogens (tertiary/aromatic N) is 2. The summed E-state index contributed by atoms with van der Waals surface area (Å²) < 4.78 is 1.99. The summed E-state index contributed by atoms with van der Waals surface area (Å²) in [5, 5.41) is 11.9. The average molecular weight is 417 g/mol. The lowest BCUT2D eigenvalue weighted by molar-refractivity contribution is -0.123. The Morgan fingerprint density at radius 2 is 1.71 bits per heavy atom. The Morgan fingerprint density at radius 3 is 2.35 bits per heavy atom. The molecule has 1 atom stereocenters. The number of rotatable bonds is 3. The fourth-order valence-electron chi connectivity index (χ4n) is 4.27. The Kier molecular flexibility index (Phi) is 4.80. The molecule has 2 aromatic carbocycles. The first-order valence-electron chi connectivity index (χ1n) is 10.4. The minimum atomic E-state index is -0.744. The zero-order chi connectivity index (χ0) is 22.7. The van der Waals surface area contributed by atoms with Crippen molar-refractivity contribution in [3.05, 3.63) is 76.7 Å². The van der Waals surface area contributed by atoms with Crippen molar-refractivity contribution in [2.75, 3.05) is 4.90 Å². The highest BCUT2D eigenvalue weighted by molar-refractivity contribution is 6.18. The van der Waals surface area contributed by atoms with E-state index in [1.54, 1.807) is 25.7 Å². The Hall–Kier alpha value is -3.34. The summed E-state index contributed by atoms with van der Waals surface area (Å²) in [7, 11) is 1.94. The van der Waals surface area contributed by atoms with Crippen LogP contribution in [0.2, 0.25) is 0 Å². The summed E-state index contributed by atoms with van der Waals surface area (Å²) in [5.41, 5.74) is 4.05. The molecule has 0 fully saturated rings. The maximum atomic E-state index is 13.4. The molecule has 0 radical (unpaired) electrons. The molecule has 160 valence electrons. The standard InChI is InChI=1S/C26H28N2O3/c1-15-11-12-17(13-16(15)2)28-22(19-14-27(6)20-10-8-7-9-18(19)20)21(23(29)25(28)31)24(30)26(3,4)5/h7-14,22,29H,1-6H3. The van der Waals surface area contributed by atoms with Crippen LogP contribution in [0.25, 0.3) is 10.9 Å². The molecule has 4 rings (SSSR count). The van der Waals surface area contributed by atoms with Crippen LogP contribution in [-0.4, -0.2) is 21.4 Å². The topological polar surface area (TPSA) is 62.5 Å². The molecule has 0 spiro atoms. The quantitative estimate of drug-likeness (QED) is 0.629. The number of amides is 1. The number of Topliss-reactive ketones (excluding diaryl/α,β-unsaturated/α-hetero) is 1. The fraction of sp³-hybridized carbons (Fsp3) is 0.308. The number of aliphatic hydroxyl groups is 1. The van der Waals surface area contributed by atoms with E-state index >= 15 is 0 Å². The predicted molar refractivity (Wildman–Crippen MR) is 123 cm³/mol. The number of aryl methyl sites for hydroxylation is 3. The maximum absolute atomic E-state index is 13.4. The Bertz CT molecular complexity index is 1260. The van der Waals surface area contributed by atoms with Crippen LogP contribution >= 0.6 is 0 Å². The van der Waals surface area contributed by atoms with E-state index in [0.717, 1.165) is 27.6 Å². The van der Waals surface area contributed by atoms with Gasteiger partial charge in [-0.3, -0.25) is 14.5 Å². The smallest absolute Gasteiger partial charge is 0.294 e. The van der Waals surface area contributed by atoms with E-state index in [4.69, 9.17) is 0 Å². The Morgan fingerprint density at radius 1 is 1.03 bits per heavy atom. The lowest BCUT2D eigenvalue weighted by Crippen LogP contribution is -2.32. The van der Waals surface area contributed by atoms with Crippen molar-refractivity contribution < 1.29 is 14.7 Å². The third kappa shape index (κ3) is 3.25. The molecular weight excluding hydrogens is 388 g/mol. The van der Waals surface area contributed by atoms with Gasteiger partial charge in [0.1, 0.15) is 0 Å². The van der Waals surface area contributed by atoms with Gasteiger partial charge in [0.2, 0.25) is 0 Å². The monoisotopic (exact) mass is 416 g/mol. The lowest BCUT2D eigenvalue weighted by atomic mass is 9.82. The van der Waals surface area contributed by atoms with Gasteiger partial charge in [-0.2, -0.15) is 0 Å². The van der Waals surface area contributed by atoms with Gasteiger partial charge in [0.25, 0.3) is 5.91 Å². The molecule has 1 amide bonds. The molecule has 0 saturated carbocycles. The summed E-state index contributed by atoms with van der Waals surface area (Å²) in [6.07, 6.45) is 1.95. The minimum absolute atomic E-state index is 0.159. The van der Waals surface area contributed by atoms with Crippen LogP contribution in [0.1, 0.15) is 43.5 Å². The number of fused-ring (bicyclic) bond motifs is 1. The SMILES string of the molecule is Cc1ccc(N2C(=O)C(O)=C(C(=O)C(C)(C)C)C2c2cn(C)c3ccccc23)cc1C. The summed E-state index contributed by atoms with van der Waals surface area (Å²) in [5.74, 6) is -1.24. The van der Waals surface area contributed by atoms with Gasteiger partial charge in [-0.05, 0) is 43.2 Å². The molecule has 1 unspecified atom stereocenters. The van der Waals surface area contributed by atoms with Gasteiger partial charge in [-0.25, -0.2) is 0 Å². The zero-order valence-electron chi connectivity index (χ0n) is 18.9. The molecule has 0 bridgehead atoms. The molecule has 3 aromatic rings. The third-order valence-electron chi connectivity index (χ3n) is 6.12. The largest absolute Gasteiger partial charge is 0.503 e. The molecule has 31 heavy (non-hydrogen) atoms. The van der Waals surface area contributed by atoms with E-state index in [2.05, 4.69) is 0 Å². The Labute approximate surface area is 182 Å². The first-order valence-corrected chi connectivity index (χ1v) is 10.4. The zero-order valence-corrected chi connectivity index (χ0v) is 18.9. The van der Waals surface area contributed by atoms with E-state index in [0.29, 0.717) is 5.69 Å². The molecule has 1 aliphatic rings. The number of hydrogen-bond donors (Lipinski definition) is 1. The lowest BCUT2D eigenvalue weighted by Gasteiger charge is -2.29. The van der Waals surface area contributed by atoms with Crippen LogP contribution < -0.4 is 4.90 Å². The molecule has 5 heteroatoms. The number of carbonyl (C=O) groups is 2. The number of benzene rings is 2. The summed E-state index contributed by atoms with van der Waals surface area (Å²) >= 11 is 0. The van der Waals surface area contributed by atoms with Crippen molar-refractivity contribution in [3.8, 4) is 0 Å². The van der Waals surface area contributed by atoms with Crippen molar-refractivity contribution in [2.45, 2.75) is 40.7 Å². The van der Waals surface area contributed by atoms with Gasteiger partial charge in [-0.15, -0.1) is 0 Å². The molecule has 0 aliphatic carbocycles. The van der Waals surface area contributed by atoms with Crippen LogP contribution in [0, 0.1) is 19.3 Å². The van der Waals surface area contributed by atoms with Crippen molar-refractivity contribution in [1.82, 2.24) is 4.57 Å². The first kappa shape index (κ1) is 20.9. The van der Waals surface area contributed by atoms with Gasteiger partial charge >= 0.3 is 0 Å². The number of aliphatic hydroxyl groups excluding tert-OH is 1. The van der Waals surface area contributed by atoms with Crippen LogP contribution in [0.3, 0.4) is 0 Å². The number of ketones is 1. The van der Waals surface area contributed by atoms with Gasteiger partial charge in [-0.1, -0.05) is 45.0 Å². The van der Waals surface area contributed by atoms with Crippen LogP contribution in [0.15, 0.2) is 60.0 Å². The molecule has 5 nitrogen and oxygen atoms in total. The first-order chi connectivity index (χ1) is 14.5. The second-order valence-corrected chi connectivity index (χ2v) is 9.40. The van der Waals surface area contributed by atoms with E-state index in [9.17, 15) is 14.7 Å². The normalized spacial score (nSPS) is 17.2. The second kappa shape index (κ2) is 7.12. The number of carbonyl (C=O) groups excluding carboxylic acids is 2. The van der Waals surface area contributed by atoms with Gasteiger partial charge in [0.05, 0.1) is 11.6 Å². The van der Waals surface area contributed by atoms with Crippen molar-refractivity contribution in [2.24, 2.45) is 12.5 Å². The molecule has 2 heterocycles. The van der Waals surface area contributed by atoms with E-state index in [1.165, 1.54) is 0 Å². The van der Waals surface area contributed by atoms with Gasteiger partial charge in [0, 0.05) is 40.8 Å². The maximum Gasteiger partial charge on any atom is 0.294 e. The molecule has 1 aliphatic heterocycles.